The molecule has 1 aromatic carbocycles. The van der Waals surface area contributed by atoms with Crippen molar-refractivity contribution in [2.45, 2.75) is 26.3 Å². The third-order valence-corrected chi connectivity index (χ3v) is 6.64. The normalized spacial score (nSPS) is 23.6. The Morgan fingerprint density at radius 2 is 1.77 bits per heavy atom. The van der Waals surface area contributed by atoms with Gasteiger partial charge < -0.3 is 4.74 Å². The molecule has 0 amide bonds. The highest BCUT2D eigenvalue weighted by atomic mass is 16.5. The lowest BCUT2D eigenvalue weighted by atomic mass is 10.0. The summed E-state index contributed by atoms with van der Waals surface area (Å²) < 4.78 is 7.83. The second kappa shape index (κ2) is 8.19. The first kappa shape index (κ1) is 19.2. The molecular weight excluding hydrogens is 374 g/mol. The van der Waals surface area contributed by atoms with Gasteiger partial charge in [-0.1, -0.05) is 30.3 Å². The minimum Gasteiger partial charge on any atom is -0.476 e. The molecule has 3 aromatic rings. The third-order valence-electron chi connectivity index (χ3n) is 6.64. The molecule has 6 heteroatoms. The molecule has 0 radical (unpaired) electrons. The molecule has 5 rings (SSSR count). The minimum absolute atomic E-state index is 0.612. The van der Waals surface area contributed by atoms with Crippen LogP contribution in [0.5, 0.6) is 5.88 Å². The van der Waals surface area contributed by atoms with E-state index in [2.05, 4.69) is 50.5 Å². The summed E-state index contributed by atoms with van der Waals surface area (Å²) in [4.78, 5) is 2.62. The van der Waals surface area contributed by atoms with Crippen LogP contribution in [0.15, 0.2) is 48.7 Å². The monoisotopic (exact) mass is 403 g/mol. The second-order valence-electron chi connectivity index (χ2n) is 8.90. The van der Waals surface area contributed by atoms with Gasteiger partial charge in [0.2, 0.25) is 5.88 Å². The van der Waals surface area contributed by atoms with Crippen molar-refractivity contribution in [1.82, 2.24) is 24.9 Å². The van der Waals surface area contributed by atoms with Crippen LogP contribution in [0, 0.1) is 24.7 Å². The van der Waals surface area contributed by atoms with Crippen LogP contribution in [-0.4, -0.2) is 44.6 Å². The minimum atomic E-state index is 0.612. The van der Waals surface area contributed by atoms with E-state index in [1.807, 2.05) is 37.0 Å². The van der Waals surface area contributed by atoms with Crippen molar-refractivity contribution in [2.75, 3.05) is 19.7 Å². The van der Waals surface area contributed by atoms with E-state index in [0.29, 0.717) is 11.8 Å². The van der Waals surface area contributed by atoms with Crippen LogP contribution in [-0.2, 0) is 13.6 Å². The molecule has 1 saturated carbocycles. The zero-order valence-corrected chi connectivity index (χ0v) is 17.7. The van der Waals surface area contributed by atoms with Gasteiger partial charge in [0.25, 0.3) is 0 Å². The first-order chi connectivity index (χ1) is 14.7. The van der Waals surface area contributed by atoms with Gasteiger partial charge >= 0.3 is 0 Å². The fourth-order valence-corrected chi connectivity index (χ4v) is 5.27. The summed E-state index contributed by atoms with van der Waals surface area (Å²) in [5, 5.41) is 12.9. The summed E-state index contributed by atoms with van der Waals surface area (Å²) in [6.45, 7) is 6.28. The molecule has 1 aliphatic heterocycles. The molecule has 2 fully saturated rings. The van der Waals surface area contributed by atoms with E-state index in [9.17, 15) is 0 Å². The summed E-state index contributed by atoms with van der Waals surface area (Å²) in [5.74, 6) is 2.85. The fourth-order valence-electron chi connectivity index (χ4n) is 5.27. The number of hydrogen-bond acceptors (Lipinski definition) is 5. The largest absolute Gasteiger partial charge is 0.476 e. The molecule has 0 spiro atoms. The second-order valence-corrected chi connectivity index (χ2v) is 8.90. The average molecular weight is 404 g/mol. The SMILES string of the molecule is Cc1cnn(C)c1-c1ccc(OCC2C[C@@H]3CN(Cc4ccccc4)C[C@@H]3C2)nn1. The van der Waals surface area contributed by atoms with Crippen molar-refractivity contribution in [3.8, 4) is 17.3 Å². The van der Waals surface area contributed by atoms with Gasteiger partial charge in [-0.3, -0.25) is 9.58 Å². The van der Waals surface area contributed by atoms with Crippen molar-refractivity contribution in [3.05, 3.63) is 59.8 Å². The van der Waals surface area contributed by atoms with Crippen molar-refractivity contribution < 1.29 is 4.74 Å². The van der Waals surface area contributed by atoms with Gasteiger partial charge in [-0.2, -0.15) is 5.10 Å². The van der Waals surface area contributed by atoms with Crippen LogP contribution in [0.3, 0.4) is 0 Å². The van der Waals surface area contributed by atoms with Crippen LogP contribution in [0.1, 0.15) is 24.0 Å². The Bertz CT molecular complexity index is 951. The van der Waals surface area contributed by atoms with Gasteiger partial charge in [-0.05, 0) is 54.7 Å². The third kappa shape index (κ3) is 3.97. The van der Waals surface area contributed by atoms with E-state index in [4.69, 9.17) is 4.74 Å². The molecule has 6 nitrogen and oxygen atoms in total. The molecule has 0 N–H and O–H groups in total. The summed E-state index contributed by atoms with van der Waals surface area (Å²) in [6.07, 6.45) is 4.37. The smallest absolute Gasteiger partial charge is 0.233 e. The molecule has 2 aromatic heterocycles. The number of benzene rings is 1. The van der Waals surface area contributed by atoms with E-state index in [1.54, 1.807) is 0 Å². The lowest BCUT2D eigenvalue weighted by molar-refractivity contribution is 0.219. The zero-order chi connectivity index (χ0) is 20.5. The summed E-state index contributed by atoms with van der Waals surface area (Å²) in [5.41, 5.74) is 4.34. The first-order valence-corrected chi connectivity index (χ1v) is 10.9. The maximum absolute atomic E-state index is 6.00. The Labute approximate surface area is 177 Å². The molecule has 156 valence electrons. The van der Waals surface area contributed by atoms with E-state index in [1.165, 1.54) is 31.5 Å². The summed E-state index contributed by atoms with van der Waals surface area (Å²) in [7, 11) is 1.92. The number of nitrogens with zero attached hydrogens (tertiary/aromatic N) is 5. The van der Waals surface area contributed by atoms with Gasteiger partial charge in [-0.15, -0.1) is 10.2 Å². The highest BCUT2D eigenvalue weighted by molar-refractivity contribution is 5.58. The molecule has 30 heavy (non-hydrogen) atoms. The predicted octanol–water partition coefficient (Wildman–Crippen LogP) is 3.72. The van der Waals surface area contributed by atoms with Crippen LogP contribution in [0.4, 0.5) is 0 Å². The van der Waals surface area contributed by atoms with Crippen LogP contribution >= 0.6 is 0 Å². The Morgan fingerprint density at radius 3 is 2.40 bits per heavy atom. The first-order valence-electron chi connectivity index (χ1n) is 10.9. The Kier molecular flexibility index (Phi) is 5.25. The average Bonchev–Trinajstić information content (AvgIpc) is 3.41. The lowest BCUT2D eigenvalue weighted by Crippen LogP contribution is -2.22. The van der Waals surface area contributed by atoms with Gasteiger partial charge in [0.05, 0.1) is 18.5 Å². The highest BCUT2D eigenvalue weighted by Gasteiger charge is 2.40. The molecule has 1 saturated heterocycles. The van der Waals surface area contributed by atoms with E-state index < -0.39 is 0 Å². The van der Waals surface area contributed by atoms with Crippen molar-refractivity contribution >= 4 is 0 Å². The van der Waals surface area contributed by atoms with Crippen molar-refractivity contribution in [3.63, 3.8) is 0 Å². The number of ether oxygens (including phenoxy) is 1. The summed E-state index contributed by atoms with van der Waals surface area (Å²) in [6, 6.07) is 14.7. The molecular formula is C24H29N5O. The molecule has 1 unspecified atom stereocenters. The van der Waals surface area contributed by atoms with Gasteiger partial charge in [-0.25, -0.2) is 0 Å². The molecule has 3 atom stereocenters. The fraction of sp³-hybridized carbons (Fsp3) is 0.458. The Balaban J connectivity index is 1.11. The number of aryl methyl sites for hydroxylation is 2. The number of aromatic nitrogens is 4. The van der Waals surface area contributed by atoms with Gasteiger partial charge in [0, 0.05) is 32.7 Å². The number of likely N-dealkylation sites (tertiary alicyclic amines) is 1. The Hall–Kier alpha value is -2.73. The van der Waals surface area contributed by atoms with Crippen LogP contribution in [0.25, 0.3) is 11.4 Å². The molecule has 0 bridgehead atoms. The highest BCUT2D eigenvalue weighted by Crippen LogP contribution is 2.42. The number of rotatable bonds is 6. The topological polar surface area (TPSA) is 56.1 Å². The molecule has 2 aliphatic rings. The van der Waals surface area contributed by atoms with E-state index in [-0.39, 0.29) is 0 Å². The lowest BCUT2D eigenvalue weighted by Gasteiger charge is -2.19. The molecule has 1 aliphatic carbocycles. The standard InChI is InChI=1S/C24H29N5O/c1-17-12-25-28(2)24(17)22-8-9-23(27-26-22)30-16-19-10-20-14-29(15-21(20)11-19)13-18-6-4-3-5-7-18/h3-9,12,19-21H,10-11,13-16H2,1-2H3/t19?,20-,21+. The number of fused-ring (bicyclic) bond motifs is 1. The quantitative estimate of drug-likeness (QED) is 0.628. The Morgan fingerprint density at radius 1 is 1.00 bits per heavy atom. The maximum atomic E-state index is 6.00. The molecule has 3 heterocycles. The zero-order valence-electron chi connectivity index (χ0n) is 17.7. The van der Waals surface area contributed by atoms with Crippen molar-refractivity contribution in [1.29, 1.82) is 0 Å². The van der Waals surface area contributed by atoms with Gasteiger partial charge in [0.1, 0.15) is 5.69 Å². The summed E-state index contributed by atoms with van der Waals surface area (Å²) >= 11 is 0. The maximum Gasteiger partial charge on any atom is 0.233 e. The number of hydrogen-bond donors (Lipinski definition) is 0. The predicted molar refractivity (Wildman–Crippen MR) is 116 cm³/mol. The van der Waals surface area contributed by atoms with Crippen LogP contribution < -0.4 is 4.74 Å². The van der Waals surface area contributed by atoms with E-state index >= 15 is 0 Å². The van der Waals surface area contributed by atoms with Gasteiger partial charge in [0.15, 0.2) is 0 Å². The van der Waals surface area contributed by atoms with E-state index in [0.717, 1.165) is 41.9 Å². The van der Waals surface area contributed by atoms with Crippen molar-refractivity contribution in [2.24, 2.45) is 24.8 Å². The van der Waals surface area contributed by atoms with Crippen LogP contribution in [0.2, 0.25) is 0 Å².